The summed E-state index contributed by atoms with van der Waals surface area (Å²) >= 11 is 0. The highest BCUT2D eigenvalue weighted by atomic mass is 19.4. The van der Waals surface area contributed by atoms with Crippen molar-refractivity contribution in [2.24, 2.45) is 0 Å². The molecule has 0 spiro atoms. The summed E-state index contributed by atoms with van der Waals surface area (Å²) in [6.07, 6.45) is -4.21. The quantitative estimate of drug-likeness (QED) is 0.801. The van der Waals surface area contributed by atoms with E-state index in [2.05, 4.69) is 11.3 Å². The SMILES string of the molecule is C=C1Cc2cc(OC(F)(F)F)ccc2-c2ccc(OC)cc21.C=O. The molecule has 0 bridgehead atoms. The van der Waals surface area contributed by atoms with Gasteiger partial charge in [-0.1, -0.05) is 18.7 Å². The topological polar surface area (TPSA) is 35.5 Å². The number of allylic oxidation sites excluding steroid dienone is 1. The Morgan fingerprint density at radius 3 is 2.21 bits per heavy atom. The third-order valence-corrected chi connectivity index (χ3v) is 3.61. The van der Waals surface area contributed by atoms with E-state index in [1.165, 1.54) is 12.1 Å². The van der Waals surface area contributed by atoms with Gasteiger partial charge in [-0.2, -0.15) is 0 Å². The maximum Gasteiger partial charge on any atom is 0.573 e. The minimum Gasteiger partial charge on any atom is -0.497 e. The lowest BCUT2D eigenvalue weighted by Crippen LogP contribution is -2.17. The summed E-state index contributed by atoms with van der Waals surface area (Å²) in [6, 6.07) is 9.99. The second kappa shape index (κ2) is 6.78. The fourth-order valence-corrected chi connectivity index (χ4v) is 2.68. The molecule has 1 aliphatic carbocycles. The number of alkyl halides is 3. The minimum atomic E-state index is -4.69. The number of fused-ring (bicyclic) bond motifs is 3. The zero-order valence-corrected chi connectivity index (χ0v) is 12.9. The molecule has 0 saturated heterocycles. The van der Waals surface area contributed by atoms with E-state index >= 15 is 0 Å². The van der Waals surface area contributed by atoms with Crippen molar-refractivity contribution in [2.75, 3.05) is 7.11 Å². The van der Waals surface area contributed by atoms with Gasteiger partial charge in [-0.25, -0.2) is 0 Å². The fourth-order valence-electron chi connectivity index (χ4n) is 2.68. The number of methoxy groups -OCH3 is 1. The van der Waals surface area contributed by atoms with E-state index in [9.17, 15) is 13.2 Å². The van der Waals surface area contributed by atoms with Crippen molar-refractivity contribution in [3.8, 4) is 22.6 Å². The normalized spacial score (nSPS) is 12.4. The predicted molar refractivity (Wildman–Crippen MR) is 85.0 cm³/mol. The Morgan fingerprint density at radius 2 is 1.58 bits per heavy atom. The first-order chi connectivity index (χ1) is 11.4. The van der Waals surface area contributed by atoms with Crippen LogP contribution in [-0.2, 0) is 11.2 Å². The van der Waals surface area contributed by atoms with Crippen LogP contribution in [0.1, 0.15) is 11.1 Å². The first kappa shape index (κ1) is 17.6. The van der Waals surface area contributed by atoms with E-state index < -0.39 is 6.36 Å². The van der Waals surface area contributed by atoms with Crippen molar-refractivity contribution in [2.45, 2.75) is 12.8 Å². The summed E-state index contributed by atoms with van der Waals surface area (Å²) in [6.45, 7) is 6.02. The maximum atomic E-state index is 12.3. The van der Waals surface area contributed by atoms with Gasteiger partial charge in [-0.05, 0) is 58.5 Å². The van der Waals surface area contributed by atoms with Crippen LogP contribution in [0.5, 0.6) is 11.5 Å². The molecule has 0 N–H and O–H groups in total. The van der Waals surface area contributed by atoms with Crippen molar-refractivity contribution >= 4 is 12.4 Å². The summed E-state index contributed by atoms with van der Waals surface area (Å²) in [5.41, 5.74) is 4.39. The van der Waals surface area contributed by atoms with Gasteiger partial charge in [0.25, 0.3) is 0 Å². The lowest BCUT2D eigenvalue weighted by molar-refractivity contribution is -0.274. The van der Waals surface area contributed by atoms with Gasteiger partial charge in [0, 0.05) is 0 Å². The molecule has 0 unspecified atom stereocenters. The van der Waals surface area contributed by atoms with Crippen LogP contribution in [0.2, 0.25) is 0 Å². The van der Waals surface area contributed by atoms with Crippen molar-refractivity contribution in [3.63, 3.8) is 0 Å². The molecule has 6 heteroatoms. The second-order valence-corrected chi connectivity index (χ2v) is 5.06. The summed E-state index contributed by atoms with van der Waals surface area (Å²) in [4.78, 5) is 8.00. The first-order valence-corrected chi connectivity index (χ1v) is 6.91. The monoisotopic (exact) mass is 336 g/mol. The largest absolute Gasteiger partial charge is 0.573 e. The maximum absolute atomic E-state index is 12.3. The predicted octanol–water partition coefficient (Wildman–Crippen LogP) is 4.65. The lowest BCUT2D eigenvalue weighted by Gasteiger charge is -2.23. The van der Waals surface area contributed by atoms with Gasteiger partial charge in [0.05, 0.1) is 7.11 Å². The summed E-state index contributed by atoms with van der Waals surface area (Å²) < 4.78 is 46.1. The molecule has 24 heavy (non-hydrogen) atoms. The smallest absolute Gasteiger partial charge is 0.497 e. The molecule has 0 radical (unpaired) electrons. The molecular formula is C18H15F3O3. The van der Waals surface area contributed by atoms with E-state index in [0.717, 1.165) is 33.6 Å². The van der Waals surface area contributed by atoms with Crippen LogP contribution in [0.25, 0.3) is 16.7 Å². The highest BCUT2D eigenvalue weighted by molar-refractivity contribution is 5.88. The Morgan fingerprint density at radius 1 is 0.958 bits per heavy atom. The van der Waals surface area contributed by atoms with E-state index in [1.54, 1.807) is 13.2 Å². The van der Waals surface area contributed by atoms with Crippen LogP contribution in [0, 0.1) is 0 Å². The molecule has 2 aromatic carbocycles. The van der Waals surface area contributed by atoms with Crippen molar-refractivity contribution in [1.29, 1.82) is 0 Å². The van der Waals surface area contributed by atoms with Gasteiger partial charge >= 0.3 is 6.36 Å². The highest BCUT2D eigenvalue weighted by Crippen LogP contribution is 2.41. The zero-order chi connectivity index (χ0) is 17.9. The number of benzene rings is 2. The van der Waals surface area contributed by atoms with Crippen LogP contribution in [0.4, 0.5) is 13.2 Å². The van der Waals surface area contributed by atoms with Crippen LogP contribution >= 0.6 is 0 Å². The Hall–Kier alpha value is -2.76. The third-order valence-electron chi connectivity index (χ3n) is 3.61. The molecule has 0 aliphatic heterocycles. The molecule has 0 heterocycles. The summed E-state index contributed by atoms with van der Waals surface area (Å²) in [5.74, 6) is 0.511. The highest BCUT2D eigenvalue weighted by Gasteiger charge is 2.31. The van der Waals surface area contributed by atoms with Crippen LogP contribution in [0.3, 0.4) is 0 Å². The molecule has 0 fully saturated rings. The molecular weight excluding hydrogens is 321 g/mol. The van der Waals surface area contributed by atoms with Crippen LogP contribution in [0.15, 0.2) is 43.0 Å². The average molecular weight is 336 g/mol. The number of ether oxygens (including phenoxy) is 2. The van der Waals surface area contributed by atoms with E-state index in [1.807, 2.05) is 25.0 Å². The fraction of sp³-hybridized carbons (Fsp3) is 0.167. The minimum absolute atomic E-state index is 0.212. The number of halogens is 3. The third kappa shape index (κ3) is 3.59. The molecule has 0 aromatic heterocycles. The number of rotatable bonds is 2. The van der Waals surface area contributed by atoms with Gasteiger partial charge in [0.1, 0.15) is 18.3 Å². The molecule has 3 rings (SSSR count). The Labute approximate surface area is 137 Å². The molecule has 0 saturated carbocycles. The van der Waals surface area contributed by atoms with Crippen LogP contribution < -0.4 is 9.47 Å². The number of carbonyl (C=O) groups is 1. The molecule has 0 atom stereocenters. The van der Waals surface area contributed by atoms with Crippen molar-refractivity contribution in [3.05, 3.63) is 54.1 Å². The number of hydrogen-bond donors (Lipinski definition) is 0. The molecule has 1 aliphatic rings. The average Bonchev–Trinajstić information content (AvgIpc) is 2.55. The summed E-state index contributed by atoms with van der Waals surface area (Å²) in [7, 11) is 1.59. The van der Waals surface area contributed by atoms with E-state index in [4.69, 9.17) is 9.53 Å². The van der Waals surface area contributed by atoms with E-state index in [0.29, 0.717) is 6.42 Å². The van der Waals surface area contributed by atoms with Gasteiger partial charge in [0.15, 0.2) is 0 Å². The molecule has 0 amide bonds. The van der Waals surface area contributed by atoms with Gasteiger partial charge < -0.3 is 14.3 Å². The first-order valence-electron chi connectivity index (χ1n) is 6.91. The van der Waals surface area contributed by atoms with E-state index in [-0.39, 0.29) is 5.75 Å². The van der Waals surface area contributed by atoms with Gasteiger partial charge in [-0.15, -0.1) is 13.2 Å². The molecule has 126 valence electrons. The molecule has 2 aromatic rings. The summed E-state index contributed by atoms with van der Waals surface area (Å²) in [5, 5.41) is 0. The second-order valence-electron chi connectivity index (χ2n) is 5.06. The molecule has 3 nitrogen and oxygen atoms in total. The van der Waals surface area contributed by atoms with Gasteiger partial charge in [0.2, 0.25) is 0 Å². The standard InChI is InChI=1S/C17H13F3O2.CH2O/c1-10-7-11-8-13(22-17(18,19)20)4-5-14(11)15-6-3-12(21-2)9-16(10)15;1-2/h3-6,8-9H,1,7H2,2H3;1H2. The number of carbonyl (C=O) groups excluding carboxylic acids is 1. The zero-order valence-electron chi connectivity index (χ0n) is 12.9. The number of hydrogen-bond acceptors (Lipinski definition) is 3. The van der Waals surface area contributed by atoms with Crippen molar-refractivity contribution in [1.82, 2.24) is 0 Å². The van der Waals surface area contributed by atoms with Crippen molar-refractivity contribution < 1.29 is 27.4 Å². The van der Waals surface area contributed by atoms with Gasteiger partial charge in [-0.3, -0.25) is 0 Å². The Balaban J connectivity index is 0.00000100. The lowest BCUT2D eigenvalue weighted by atomic mass is 9.83. The Kier molecular flexibility index (Phi) is 4.97. The van der Waals surface area contributed by atoms with Crippen LogP contribution in [-0.4, -0.2) is 20.3 Å². The Bertz CT molecular complexity index is 767.